The molecule has 1 heterocycles. The number of thioether (sulfide) groups is 1. The van der Waals surface area contributed by atoms with Gasteiger partial charge in [0.25, 0.3) is 0 Å². The highest BCUT2D eigenvalue weighted by atomic mass is 79.9. The van der Waals surface area contributed by atoms with Crippen molar-refractivity contribution >= 4 is 27.7 Å². The highest BCUT2D eigenvalue weighted by Gasteiger charge is 2.18. The average molecular weight is 333 g/mol. The van der Waals surface area contributed by atoms with Gasteiger partial charge in [0, 0.05) is 0 Å². The molecule has 1 aromatic carbocycles. The lowest BCUT2D eigenvalue weighted by Gasteiger charge is -2.23. The number of aliphatic hydroxyl groups excluding tert-OH is 1. The van der Waals surface area contributed by atoms with Crippen molar-refractivity contribution in [3.8, 4) is 0 Å². The molecule has 0 radical (unpaired) electrons. The minimum absolute atomic E-state index is 0.252. The molecular formula is C14H18BrFOS. The van der Waals surface area contributed by atoms with Crippen molar-refractivity contribution in [2.45, 2.75) is 31.8 Å². The van der Waals surface area contributed by atoms with E-state index in [2.05, 4.69) is 15.9 Å². The lowest BCUT2D eigenvalue weighted by molar-refractivity contribution is 0.139. The highest BCUT2D eigenvalue weighted by molar-refractivity contribution is 9.10. The van der Waals surface area contributed by atoms with E-state index in [1.807, 2.05) is 11.8 Å². The Balaban J connectivity index is 1.85. The molecule has 0 aliphatic carbocycles. The van der Waals surface area contributed by atoms with E-state index in [0.29, 0.717) is 16.8 Å². The van der Waals surface area contributed by atoms with Gasteiger partial charge in [-0.25, -0.2) is 4.39 Å². The van der Waals surface area contributed by atoms with Gasteiger partial charge in [-0.2, -0.15) is 11.8 Å². The van der Waals surface area contributed by atoms with Crippen molar-refractivity contribution in [2.24, 2.45) is 5.92 Å². The average Bonchev–Trinajstić information content (AvgIpc) is 2.35. The minimum Gasteiger partial charge on any atom is -0.393 e. The molecule has 1 fully saturated rings. The second-order valence-electron chi connectivity index (χ2n) is 4.90. The zero-order valence-electron chi connectivity index (χ0n) is 10.2. The lowest BCUT2D eigenvalue weighted by atomic mass is 9.93. The zero-order chi connectivity index (χ0) is 13.0. The Labute approximate surface area is 120 Å². The molecule has 0 saturated carbocycles. The Bertz CT molecular complexity index is 393. The summed E-state index contributed by atoms with van der Waals surface area (Å²) in [5, 5.41) is 10.1. The first-order valence-corrected chi connectivity index (χ1v) is 8.29. The van der Waals surface area contributed by atoms with Gasteiger partial charge in [0.1, 0.15) is 5.82 Å². The van der Waals surface area contributed by atoms with E-state index in [0.717, 1.165) is 12.0 Å². The lowest BCUT2D eigenvalue weighted by Crippen LogP contribution is -2.19. The van der Waals surface area contributed by atoms with Gasteiger partial charge in [0.2, 0.25) is 0 Å². The van der Waals surface area contributed by atoms with Gasteiger partial charge in [0.05, 0.1) is 10.6 Å². The number of halogens is 2. The van der Waals surface area contributed by atoms with Crippen molar-refractivity contribution in [3.05, 3.63) is 34.1 Å². The van der Waals surface area contributed by atoms with Crippen LogP contribution in [0.3, 0.4) is 0 Å². The fraction of sp³-hybridized carbons (Fsp3) is 0.571. The second kappa shape index (κ2) is 6.92. The van der Waals surface area contributed by atoms with Gasteiger partial charge in [0.15, 0.2) is 0 Å². The summed E-state index contributed by atoms with van der Waals surface area (Å²) >= 11 is 5.18. The summed E-state index contributed by atoms with van der Waals surface area (Å²) in [5.74, 6) is 2.85. The Morgan fingerprint density at radius 2 is 2.11 bits per heavy atom. The summed E-state index contributed by atoms with van der Waals surface area (Å²) in [6, 6.07) is 4.96. The van der Waals surface area contributed by atoms with E-state index in [9.17, 15) is 9.50 Å². The summed E-state index contributed by atoms with van der Waals surface area (Å²) in [5.41, 5.74) is 0.987. The summed E-state index contributed by atoms with van der Waals surface area (Å²) < 4.78 is 13.6. The Morgan fingerprint density at radius 1 is 1.39 bits per heavy atom. The van der Waals surface area contributed by atoms with Crippen molar-refractivity contribution in [1.82, 2.24) is 0 Å². The van der Waals surface area contributed by atoms with Crippen molar-refractivity contribution in [1.29, 1.82) is 0 Å². The summed E-state index contributed by atoms with van der Waals surface area (Å²) in [6.45, 7) is 0. The maximum atomic E-state index is 13.1. The van der Waals surface area contributed by atoms with E-state index in [1.165, 1.54) is 30.4 Å². The summed E-state index contributed by atoms with van der Waals surface area (Å²) in [6.07, 6.45) is 3.61. The summed E-state index contributed by atoms with van der Waals surface area (Å²) in [4.78, 5) is 0. The van der Waals surface area contributed by atoms with Gasteiger partial charge in [-0.15, -0.1) is 0 Å². The van der Waals surface area contributed by atoms with Crippen LogP contribution < -0.4 is 0 Å². The number of aliphatic hydroxyl groups is 1. The molecule has 1 aliphatic rings. The maximum absolute atomic E-state index is 13.1. The molecule has 0 spiro atoms. The van der Waals surface area contributed by atoms with Crippen LogP contribution in [0.1, 0.15) is 24.8 Å². The monoisotopic (exact) mass is 332 g/mol. The predicted octanol–water partition coefficient (Wildman–Crippen LogP) is 4.02. The zero-order valence-corrected chi connectivity index (χ0v) is 12.6. The number of benzene rings is 1. The molecule has 1 atom stereocenters. The van der Waals surface area contributed by atoms with Crippen LogP contribution in [-0.2, 0) is 6.42 Å². The van der Waals surface area contributed by atoms with Crippen LogP contribution in [0, 0.1) is 11.7 Å². The summed E-state index contributed by atoms with van der Waals surface area (Å²) in [7, 11) is 0. The molecule has 2 rings (SSSR count). The maximum Gasteiger partial charge on any atom is 0.137 e. The molecule has 0 amide bonds. The van der Waals surface area contributed by atoms with E-state index in [-0.39, 0.29) is 11.9 Å². The third-order valence-electron chi connectivity index (χ3n) is 3.40. The number of hydrogen-bond donors (Lipinski definition) is 1. The van der Waals surface area contributed by atoms with Crippen molar-refractivity contribution < 1.29 is 9.50 Å². The van der Waals surface area contributed by atoms with Crippen LogP contribution >= 0.6 is 27.7 Å². The first-order valence-electron chi connectivity index (χ1n) is 6.35. The quantitative estimate of drug-likeness (QED) is 0.898. The van der Waals surface area contributed by atoms with Gasteiger partial charge >= 0.3 is 0 Å². The van der Waals surface area contributed by atoms with Gasteiger partial charge in [-0.3, -0.25) is 0 Å². The molecule has 100 valence electrons. The first-order chi connectivity index (χ1) is 8.65. The van der Waals surface area contributed by atoms with E-state index >= 15 is 0 Å². The molecule has 1 N–H and O–H groups in total. The molecule has 4 heteroatoms. The molecule has 0 aromatic heterocycles. The minimum atomic E-state index is -0.310. The van der Waals surface area contributed by atoms with Crippen LogP contribution in [0.4, 0.5) is 4.39 Å². The fourth-order valence-corrected chi connectivity index (χ4v) is 4.02. The van der Waals surface area contributed by atoms with Gasteiger partial charge in [-0.1, -0.05) is 6.07 Å². The molecule has 1 unspecified atom stereocenters. The second-order valence-corrected chi connectivity index (χ2v) is 6.98. The Morgan fingerprint density at radius 3 is 2.78 bits per heavy atom. The molecule has 1 aliphatic heterocycles. The smallest absolute Gasteiger partial charge is 0.137 e. The normalized spacial score (nSPS) is 18.8. The first kappa shape index (κ1) is 14.4. The van der Waals surface area contributed by atoms with Gasteiger partial charge < -0.3 is 5.11 Å². The van der Waals surface area contributed by atoms with Crippen LogP contribution in [0.2, 0.25) is 0 Å². The largest absolute Gasteiger partial charge is 0.393 e. The standard InChI is InChI=1S/C14H18BrFOS/c15-13-9-11(1-2-14(13)16)8-12(17)7-10-3-5-18-6-4-10/h1-2,9-10,12,17H,3-8H2. The fourth-order valence-electron chi connectivity index (χ4n) is 2.39. The third kappa shape index (κ3) is 4.25. The van der Waals surface area contributed by atoms with Crippen molar-refractivity contribution in [3.63, 3.8) is 0 Å². The molecular weight excluding hydrogens is 315 g/mol. The van der Waals surface area contributed by atoms with Crippen LogP contribution in [-0.4, -0.2) is 22.7 Å². The van der Waals surface area contributed by atoms with Gasteiger partial charge in [-0.05, 0) is 76.7 Å². The van der Waals surface area contributed by atoms with Crippen molar-refractivity contribution in [2.75, 3.05) is 11.5 Å². The molecule has 1 saturated heterocycles. The predicted molar refractivity (Wildman–Crippen MR) is 78.5 cm³/mol. The molecule has 18 heavy (non-hydrogen) atoms. The third-order valence-corrected chi connectivity index (χ3v) is 5.06. The van der Waals surface area contributed by atoms with Crippen LogP contribution in [0.15, 0.2) is 22.7 Å². The molecule has 1 nitrogen and oxygen atoms in total. The van der Waals surface area contributed by atoms with E-state index < -0.39 is 0 Å². The highest BCUT2D eigenvalue weighted by Crippen LogP contribution is 2.27. The number of hydrogen-bond acceptors (Lipinski definition) is 2. The van der Waals surface area contributed by atoms with Crippen LogP contribution in [0.5, 0.6) is 0 Å². The van der Waals surface area contributed by atoms with Crippen LogP contribution in [0.25, 0.3) is 0 Å². The molecule has 0 bridgehead atoms. The Kier molecular flexibility index (Phi) is 5.52. The Hall–Kier alpha value is -0.0600. The SMILES string of the molecule is OC(Cc1ccc(F)c(Br)c1)CC1CCSCC1. The van der Waals surface area contributed by atoms with E-state index in [4.69, 9.17) is 0 Å². The van der Waals surface area contributed by atoms with E-state index in [1.54, 1.807) is 12.1 Å². The molecule has 1 aromatic rings. The number of rotatable bonds is 4. The topological polar surface area (TPSA) is 20.2 Å².